The molecular formula is C13H22N2O2. The highest BCUT2D eigenvalue weighted by Gasteiger charge is 2.08. The Morgan fingerprint density at radius 2 is 2.06 bits per heavy atom. The highest BCUT2D eigenvalue weighted by Crippen LogP contribution is 2.11. The largest absolute Gasteiger partial charge is 0.478 e. The van der Waals surface area contributed by atoms with E-state index < -0.39 is 0 Å². The Hall–Kier alpha value is -1.29. The molecule has 0 aliphatic heterocycles. The van der Waals surface area contributed by atoms with E-state index >= 15 is 0 Å². The Morgan fingerprint density at radius 1 is 1.29 bits per heavy atom. The van der Waals surface area contributed by atoms with E-state index in [4.69, 9.17) is 9.47 Å². The van der Waals surface area contributed by atoms with Crippen molar-refractivity contribution >= 4 is 5.69 Å². The maximum atomic E-state index is 5.61. The highest BCUT2D eigenvalue weighted by molar-refractivity contribution is 5.41. The van der Waals surface area contributed by atoms with E-state index in [1.54, 1.807) is 6.20 Å². The van der Waals surface area contributed by atoms with E-state index in [9.17, 15) is 0 Å². The van der Waals surface area contributed by atoms with Crippen molar-refractivity contribution < 1.29 is 9.47 Å². The van der Waals surface area contributed by atoms with E-state index in [0.29, 0.717) is 19.1 Å². The lowest BCUT2D eigenvalue weighted by molar-refractivity contribution is 0.00333. The van der Waals surface area contributed by atoms with Crippen LogP contribution in [0.1, 0.15) is 27.7 Å². The third-order valence-electron chi connectivity index (χ3n) is 1.99. The van der Waals surface area contributed by atoms with Crippen molar-refractivity contribution in [2.24, 2.45) is 0 Å². The van der Waals surface area contributed by atoms with Gasteiger partial charge in [-0.1, -0.05) is 0 Å². The maximum Gasteiger partial charge on any atom is 0.213 e. The number of nitrogens with one attached hydrogen (secondary N) is 1. The van der Waals surface area contributed by atoms with E-state index in [1.807, 2.05) is 39.8 Å². The average molecular weight is 238 g/mol. The van der Waals surface area contributed by atoms with Gasteiger partial charge < -0.3 is 14.8 Å². The molecule has 0 radical (unpaired) electrons. The third kappa shape index (κ3) is 6.12. The zero-order valence-corrected chi connectivity index (χ0v) is 11.1. The molecule has 0 aliphatic rings. The van der Waals surface area contributed by atoms with Crippen LogP contribution in [0, 0.1) is 0 Å². The van der Waals surface area contributed by atoms with Gasteiger partial charge in [-0.3, -0.25) is 0 Å². The lowest BCUT2D eigenvalue weighted by Crippen LogP contribution is -2.23. The van der Waals surface area contributed by atoms with Crippen molar-refractivity contribution in [1.29, 1.82) is 0 Å². The zero-order chi connectivity index (χ0) is 12.7. The van der Waals surface area contributed by atoms with Gasteiger partial charge in [-0.2, -0.15) is 0 Å². The molecule has 0 amide bonds. The van der Waals surface area contributed by atoms with Crippen LogP contribution in [0.25, 0.3) is 0 Å². The summed E-state index contributed by atoms with van der Waals surface area (Å²) in [7, 11) is 0. The van der Waals surface area contributed by atoms with Crippen molar-refractivity contribution in [1.82, 2.24) is 4.98 Å². The monoisotopic (exact) mass is 238 g/mol. The molecule has 1 heterocycles. The molecule has 0 bridgehead atoms. The third-order valence-corrected chi connectivity index (χ3v) is 1.99. The van der Waals surface area contributed by atoms with Gasteiger partial charge in [0.1, 0.15) is 0 Å². The molecule has 0 aromatic carbocycles. The minimum Gasteiger partial charge on any atom is -0.478 e. The van der Waals surface area contributed by atoms with Gasteiger partial charge in [-0.25, -0.2) is 4.98 Å². The number of hydrogen-bond acceptors (Lipinski definition) is 4. The van der Waals surface area contributed by atoms with Gasteiger partial charge in [-0.15, -0.1) is 0 Å². The Balaban J connectivity index is 2.27. The Bertz CT molecular complexity index is 317. The summed E-state index contributed by atoms with van der Waals surface area (Å²) in [6.07, 6.45) is 1.77. The summed E-state index contributed by atoms with van der Waals surface area (Å²) in [5, 5.41) is 3.24. The van der Waals surface area contributed by atoms with Crippen LogP contribution >= 0.6 is 0 Å². The van der Waals surface area contributed by atoms with Crippen LogP contribution in [-0.2, 0) is 4.74 Å². The predicted molar refractivity (Wildman–Crippen MR) is 69.6 cm³/mol. The average Bonchev–Trinajstić information content (AvgIpc) is 2.26. The molecule has 0 atom stereocenters. The number of aromatic nitrogens is 1. The molecule has 1 aromatic rings. The van der Waals surface area contributed by atoms with Crippen molar-refractivity contribution in [3.63, 3.8) is 0 Å². The Labute approximate surface area is 103 Å². The van der Waals surface area contributed by atoms with Crippen LogP contribution in [0.5, 0.6) is 5.88 Å². The smallest absolute Gasteiger partial charge is 0.213 e. The fraction of sp³-hybridized carbons (Fsp3) is 0.615. The Kier molecular flexibility index (Phi) is 5.22. The van der Waals surface area contributed by atoms with Crippen molar-refractivity contribution in [2.75, 3.05) is 25.1 Å². The molecule has 0 saturated heterocycles. The maximum absolute atomic E-state index is 5.61. The van der Waals surface area contributed by atoms with Crippen LogP contribution < -0.4 is 10.1 Å². The summed E-state index contributed by atoms with van der Waals surface area (Å²) in [5.41, 5.74) is 0.893. The molecule has 0 aliphatic carbocycles. The molecule has 4 nitrogen and oxygen atoms in total. The molecule has 1 rings (SSSR count). The molecular weight excluding hydrogens is 216 g/mol. The second-order valence-corrected chi connectivity index (χ2v) is 4.71. The van der Waals surface area contributed by atoms with Gasteiger partial charge in [0.2, 0.25) is 5.88 Å². The van der Waals surface area contributed by atoms with Crippen LogP contribution in [-0.4, -0.2) is 30.3 Å². The number of rotatable bonds is 6. The summed E-state index contributed by atoms with van der Waals surface area (Å²) < 4.78 is 10.9. The fourth-order valence-electron chi connectivity index (χ4n) is 1.27. The summed E-state index contributed by atoms with van der Waals surface area (Å²) >= 11 is 0. The van der Waals surface area contributed by atoms with Gasteiger partial charge in [0.15, 0.2) is 0 Å². The first kappa shape index (κ1) is 13.8. The van der Waals surface area contributed by atoms with Gasteiger partial charge in [0.05, 0.1) is 30.7 Å². The van der Waals surface area contributed by atoms with Gasteiger partial charge in [-0.05, 0) is 33.8 Å². The molecule has 0 fully saturated rings. The van der Waals surface area contributed by atoms with Crippen LogP contribution in [0.2, 0.25) is 0 Å². The fourth-order valence-corrected chi connectivity index (χ4v) is 1.27. The van der Waals surface area contributed by atoms with Crippen molar-refractivity contribution in [3.05, 3.63) is 18.3 Å². The van der Waals surface area contributed by atoms with Crippen molar-refractivity contribution in [3.8, 4) is 5.88 Å². The predicted octanol–water partition coefficient (Wildman–Crippen LogP) is 2.71. The molecule has 17 heavy (non-hydrogen) atoms. The van der Waals surface area contributed by atoms with Gasteiger partial charge in [0, 0.05) is 12.6 Å². The zero-order valence-electron chi connectivity index (χ0n) is 11.1. The number of anilines is 1. The lowest BCUT2D eigenvalue weighted by Gasteiger charge is -2.19. The number of pyridine rings is 1. The molecule has 0 saturated carbocycles. The van der Waals surface area contributed by atoms with Gasteiger partial charge >= 0.3 is 0 Å². The quantitative estimate of drug-likeness (QED) is 0.774. The minimum absolute atomic E-state index is 0.0846. The van der Waals surface area contributed by atoms with Crippen molar-refractivity contribution in [2.45, 2.75) is 33.3 Å². The van der Waals surface area contributed by atoms with Crippen LogP contribution in [0.15, 0.2) is 18.3 Å². The first-order valence-electron chi connectivity index (χ1n) is 5.98. The van der Waals surface area contributed by atoms with Crippen LogP contribution in [0.4, 0.5) is 5.69 Å². The SMILES string of the molecule is CCOc1ccc(NCCOC(C)(C)C)cn1. The second kappa shape index (κ2) is 6.45. The molecule has 1 N–H and O–H groups in total. The molecule has 4 heteroatoms. The summed E-state index contributed by atoms with van der Waals surface area (Å²) in [4.78, 5) is 4.17. The second-order valence-electron chi connectivity index (χ2n) is 4.71. The molecule has 1 aromatic heterocycles. The number of nitrogens with zero attached hydrogens (tertiary/aromatic N) is 1. The normalized spacial score (nSPS) is 11.3. The standard InChI is InChI=1S/C13H22N2O2/c1-5-16-12-7-6-11(10-15-12)14-8-9-17-13(2,3)4/h6-7,10,14H,5,8-9H2,1-4H3. The topological polar surface area (TPSA) is 43.4 Å². The van der Waals surface area contributed by atoms with E-state index in [-0.39, 0.29) is 5.60 Å². The Morgan fingerprint density at radius 3 is 2.59 bits per heavy atom. The number of ether oxygens (including phenoxy) is 2. The highest BCUT2D eigenvalue weighted by atomic mass is 16.5. The van der Waals surface area contributed by atoms with E-state index in [2.05, 4.69) is 10.3 Å². The van der Waals surface area contributed by atoms with Crippen LogP contribution in [0.3, 0.4) is 0 Å². The van der Waals surface area contributed by atoms with Gasteiger partial charge in [0.25, 0.3) is 0 Å². The summed E-state index contributed by atoms with van der Waals surface area (Å²) in [6, 6.07) is 3.81. The van der Waals surface area contributed by atoms with E-state index in [1.165, 1.54) is 0 Å². The summed E-state index contributed by atoms with van der Waals surface area (Å²) in [6.45, 7) is 10.2. The molecule has 0 spiro atoms. The van der Waals surface area contributed by atoms with E-state index in [0.717, 1.165) is 12.2 Å². The first-order chi connectivity index (χ1) is 8.01. The molecule has 96 valence electrons. The molecule has 0 unspecified atom stereocenters. The minimum atomic E-state index is -0.0846. The number of hydrogen-bond donors (Lipinski definition) is 1. The summed E-state index contributed by atoms with van der Waals surface area (Å²) in [5.74, 6) is 0.656. The first-order valence-corrected chi connectivity index (χ1v) is 5.98. The lowest BCUT2D eigenvalue weighted by atomic mass is 10.2.